The zero-order valence-electron chi connectivity index (χ0n) is 39.4. The van der Waals surface area contributed by atoms with Gasteiger partial charge in [-0.25, -0.2) is 0 Å². The highest BCUT2D eigenvalue weighted by Crippen LogP contribution is 2.33. The van der Waals surface area contributed by atoms with Gasteiger partial charge in [-0.1, -0.05) is 272 Å². The van der Waals surface area contributed by atoms with Gasteiger partial charge in [0.2, 0.25) is 0 Å². The molecule has 3 atom stereocenters. The molecule has 0 saturated carbocycles. The lowest BCUT2D eigenvalue weighted by Gasteiger charge is -2.28. The van der Waals surface area contributed by atoms with Crippen LogP contribution in [0.3, 0.4) is 0 Å². The normalized spacial score (nSPS) is 13.5. The summed E-state index contributed by atoms with van der Waals surface area (Å²) in [5, 5.41) is 9.14. The van der Waals surface area contributed by atoms with Crippen molar-refractivity contribution < 1.29 is 5.11 Å². The van der Waals surface area contributed by atoms with Gasteiger partial charge in [-0.3, -0.25) is 0 Å². The average molecular weight is 771 g/mol. The molecule has 55 heavy (non-hydrogen) atoms. The largest absolute Gasteiger partial charge is 0.396 e. The van der Waals surface area contributed by atoms with Crippen LogP contribution in [-0.2, 0) is 0 Å². The molecule has 0 aliphatic carbocycles. The van der Waals surface area contributed by atoms with Gasteiger partial charge in [-0.05, 0) is 56.3 Å². The number of hydrogen-bond acceptors (Lipinski definition) is 1. The SMILES string of the molecule is CCCCCCCCCCCCCC(C#C[C@@H](CCCCCCCCCCCC)C(CCCCCCCCC)CCC(C)(C)C)CCCCCCCCCO. The minimum Gasteiger partial charge on any atom is -0.396 e. The zero-order chi connectivity index (χ0) is 40.3. The molecular formula is C54H106O. The maximum atomic E-state index is 9.14. The summed E-state index contributed by atoms with van der Waals surface area (Å²) in [5.74, 6) is 10.2. The van der Waals surface area contributed by atoms with E-state index in [0.717, 1.165) is 12.3 Å². The third kappa shape index (κ3) is 41.5. The minimum absolute atomic E-state index is 0.357. The summed E-state index contributed by atoms with van der Waals surface area (Å²) in [5.41, 5.74) is 0.406. The Balaban J connectivity index is 5.51. The van der Waals surface area contributed by atoms with Crippen molar-refractivity contribution in [1.82, 2.24) is 0 Å². The second-order valence-electron chi connectivity index (χ2n) is 19.6. The third-order valence-corrected chi connectivity index (χ3v) is 12.7. The van der Waals surface area contributed by atoms with Gasteiger partial charge < -0.3 is 5.11 Å². The van der Waals surface area contributed by atoms with Crippen molar-refractivity contribution in [1.29, 1.82) is 0 Å². The Kier molecular flexibility index (Phi) is 42.7. The van der Waals surface area contributed by atoms with Crippen molar-refractivity contribution in [2.24, 2.45) is 23.2 Å². The van der Waals surface area contributed by atoms with E-state index in [9.17, 15) is 0 Å². The highest BCUT2D eigenvalue weighted by atomic mass is 16.2. The molecule has 1 nitrogen and oxygen atoms in total. The van der Waals surface area contributed by atoms with Gasteiger partial charge >= 0.3 is 0 Å². The zero-order valence-corrected chi connectivity index (χ0v) is 39.4. The maximum Gasteiger partial charge on any atom is 0.0431 e. The van der Waals surface area contributed by atoms with E-state index in [0.29, 0.717) is 23.9 Å². The first kappa shape index (κ1) is 54.5. The van der Waals surface area contributed by atoms with E-state index in [1.807, 2.05) is 0 Å². The van der Waals surface area contributed by atoms with Crippen LogP contribution >= 0.6 is 0 Å². The lowest BCUT2D eigenvalue weighted by molar-refractivity contribution is 0.261. The van der Waals surface area contributed by atoms with Crippen LogP contribution in [0.15, 0.2) is 0 Å². The van der Waals surface area contributed by atoms with Crippen LogP contribution in [0.4, 0.5) is 0 Å². The predicted octanol–water partition coefficient (Wildman–Crippen LogP) is 18.9. The molecule has 1 N–H and O–H groups in total. The number of aliphatic hydroxyl groups is 1. The van der Waals surface area contributed by atoms with E-state index in [1.165, 1.54) is 257 Å². The van der Waals surface area contributed by atoms with Crippen LogP contribution in [0.1, 0.15) is 305 Å². The first-order valence-corrected chi connectivity index (χ1v) is 26.0. The standard InChI is InChI=1S/C54H106O/c1-7-10-13-16-19-21-23-24-28-32-37-42-51(43-38-33-29-26-31-36-41-50-55)46-47-52(44-39-35-30-25-22-20-17-14-11-8-2)53(48-49-54(4,5)6)45-40-34-27-18-15-12-9-3/h51-53,55H,7-45,48-50H2,1-6H3/t51?,52-,53?/m1/s1. The molecular weight excluding hydrogens is 665 g/mol. The summed E-state index contributed by atoms with van der Waals surface area (Å²) in [6.45, 7) is 14.7. The molecule has 0 amide bonds. The van der Waals surface area contributed by atoms with Crippen LogP contribution < -0.4 is 0 Å². The summed E-state index contributed by atoms with van der Waals surface area (Å²) in [4.78, 5) is 0. The Morgan fingerprint density at radius 2 is 0.655 bits per heavy atom. The van der Waals surface area contributed by atoms with Gasteiger partial charge in [0.25, 0.3) is 0 Å². The molecule has 0 fully saturated rings. The summed E-state index contributed by atoms with van der Waals surface area (Å²) in [6.07, 6.45) is 56.8. The monoisotopic (exact) mass is 771 g/mol. The Bertz CT molecular complexity index is 781. The number of unbranched alkanes of at least 4 members (excludes halogenated alkanes) is 31. The van der Waals surface area contributed by atoms with Crippen molar-refractivity contribution in [2.45, 2.75) is 305 Å². The molecule has 328 valence electrons. The minimum atomic E-state index is 0.357. The molecule has 0 aliphatic heterocycles. The van der Waals surface area contributed by atoms with Crippen molar-refractivity contribution in [3.63, 3.8) is 0 Å². The van der Waals surface area contributed by atoms with Crippen molar-refractivity contribution >= 4 is 0 Å². The maximum absolute atomic E-state index is 9.14. The fourth-order valence-corrected chi connectivity index (χ4v) is 8.76. The second kappa shape index (κ2) is 43.1. The van der Waals surface area contributed by atoms with E-state index in [1.54, 1.807) is 0 Å². The quantitative estimate of drug-likeness (QED) is 0.0484. The molecule has 0 rings (SSSR count). The summed E-state index contributed by atoms with van der Waals surface area (Å²) < 4.78 is 0. The summed E-state index contributed by atoms with van der Waals surface area (Å²) in [6, 6.07) is 0. The highest BCUT2D eigenvalue weighted by Gasteiger charge is 2.22. The van der Waals surface area contributed by atoms with Gasteiger partial charge in [0, 0.05) is 18.4 Å². The van der Waals surface area contributed by atoms with Crippen molar-refractivity contribution in [2.75, 3.05) is 6.61 Å². The van der Waals surface area contributed by atoms with Gasteiger partial charge in [0.1, 0.15) is 0 Å². The van der Waals surface area contributed by atoms with E-state index in [-0.39, 0.29) is 0 Å². The molecule has 1 heteroatoms. The van der Waals surface area contributed by atoms with Crippen LogP contribution in [-0.4, -0.2) is 11.7 Å². The number of aliphatic hydroxyl groups excluding tert-OH is 1. The topological polar surface area (TPSA) is 20.2 Å². The first-order chi connectivity index (χ1) is 26.9. The molecule has 0 aliphatic rings. The second-order valence-corrected chi connectivity index (χ2v) is 19.6. The van der Waals surface area contributed by atoms with Crippen LogP contribution in [0.5, 0.6) is 0 Å². The molecule has 0 radical (unpaired) electrons. The molecule has 0 saturated heterocycles. The lowest BCUT2D eigenvalue weighted by atomic mass is 9.77. The van der Waals surface area contributed by atoms with Crippen molar-refractivity contribution in [3.8, 4) is 11.8 Å². The first-order valence-electron chi connectivity index (χ1n) is 26.0. The smallest absolute Gasteiger partial charge is 0.0431 e. The van der Waals surface area contributed by atoms with E-state index < -0.39 is 0 Å². The van der Waals surface area contributed by atoms with Gasteiger partial charge in [0.15, 0.2) is 0 Å². The molecule has 2 unspecified atom stereocenters. The average Bonchev–Trinajstić information content (AvgIpc) is 3.17. The summed E-state index contributed by atoms with van der Waals surface area (Å²) in [7, 11) is 0. The number of rotatable bonds is 43. The van der Waals surface area contributed by atoms with Crippen LogP contribution in [0, 0.1) is 35.0 Å². The fourth-order valence-electron chi connectivity index (χ4n) is 8.76. The third-order valence-electron chi connectivity index (χ3n) is 12.7. The molecule has 0 spiro atoms. The Labute approximate surface area is 350 Å². The van der Waals surface area contributed by atoms with E-state index in [2.05, 4.69) is 53.4 Å². The van der Waals surface area contributed by atoms with Crippen LogP contribution in [0.25, 0.3) is 0 Å². The Morgan fingerprint density at radius 1 is 0.345 bits per heavy atom. The van der Waals surface area contributed by atoms with Gasteiger partial charge in [0.05, 0.1) is 0 Å². The molecule has 0 heterocycles. The Hall–Kier alpha value is -0.480. The Morgan fingerprint density at radius 3 is 1.00 bits per heavy atom. The van der Waals surface area contributed by atoms with Gasteiger partial charge in [-0.2, -0.15) is 0 Å². The van der Waals surface area contributed by atoms with Gasteiger partial charge in [-0.15, -0.1) is 0 Å². The lowest BCUT2D eigenvalue weighted by Crippen LogP contribution is -2.17. The van der Waals surface area contributed by atoms with E-state index in [4.69, 9.17) is 5.11 Å². The molecule has 0 aromatic carbocycles. The van der Waals surface area contributed by atoms with Crippen LogP contribution in [0.2, 0.25) is 0 Å². The summed E-state index contributed by atoms with van der Waals surface area (Å²) >= 11 is 0. The highest BCUT2D eigenvalue weighted by molar-refractivity contribution is 5.09. The molecule has 0 aromatic heterocycles. The number of hydrogen-bond donors (Lipinski definition) is 1. The van der Waals surface area contributed by atoms with E-state index >= 15 is 0 Å². The fraction of sp³-hybridized carbons (Fsp3) is 0.963. The van der Waals surface area contributed by atoms with Crippen molar-refractivity contribution in [3.05, 3.63) is 0 Å². The molecule has 0 aromatic rings. The molecule has 0 bridgehead atoms. The predicted molar refractivity (Wildman–Crippen MR) is 251 cm³/mol.